The first-order chi connectivity index (χ1) is 10.3. The first-order valence-electron chi connectivity index (χ1n) is 7.17. The zero-order chi connectivity index (χ0) is 14.9. The molecule has 0 radical (unpaired) electrons. The summed E-state index contributed by atoms with van der Waals surface area (Å²) in [6.45, 7) is 2.90. The van der Waals surface area contributed by atoms with Crippen LogP contribution in [-0.2, 0) is 0 Å². The molecule has 2 aromatic rings. The van der Waals surface area contributed by atoms with Gasteiger partial charge in [0.15, 0.2) is 5.78 Å². The first kappa shape index (κ1) is 15.1. The lowest BCUT2D eigenvalue weighted by molar-refractivity contribution is 0.101. The third-order valence-corrected chi connectivity index (χ3v) is 3.08. The van der Waals surface area contributed by atoms with Crippen molar-refractivity contribution in [3.05, 3.63) is 60.2 Å². The van der Waals surface area contributed by atoms with Gasteiger partial charge in [0.1, 0.15) is 11.5 Å². The number of hydrogen-bond donors (Lipinski definition) is 0. The number of carbonyl (C=O) groups is 1. The molecule has 0 saturated carbocycles. The highest BCUT2D eigenvalue weighted by Gasteiger charge is 1.99. The third kappa shape index (κ3) is 5.30. The van der Waals surface area contributed by atoms with E-state index in [0.29, 0.717) is 18.8 Å². The van der Waals surface area contributed by atoms with Gasteiger partial charge in [0.2, 0.25) is 0 Å². The van der Waals surface area contributed by atoms with Crippen LogP contribution in [0.5, 0.6) is 11.5 Å². The summed E-state index contributed by atoms with van der Waals surface area (Å²) in [6, 6.07) is 17.0. The minimum atomic E-state index is 0.0691. The zero-order valence-corrected chi connectivity index (χ0v) is 12.2. The molecule has 3 heteroatoms. The van der Waals surface area contributed by atoms with E-state index in [0.717, 1.165) is 24.3 Å². The molecule has 0 unspecified atom stereocenters. The second kappa shape index (κ2) is 8.10. The molecule has 0 spiro atoms. The molecule has 0 aliphatic rings. The van der Waals surface area contributed by atoms with E-state index in [9.17, 15) is 4.79 Å². The molecule has 0 bridgehead atoms. The minimum Gasteiger partial charge on any atom is -0.494 e. The highest BCUT2D eigenvalue weighted by molar-refractivity contribution is 5.94. The van der Waals surface area contributed by atoms with Gasteiger partial charge >= 0.3 is 0 Å². The van der Waals surface area contributed by atoms with Crippen molar-refractivity contribution in [1.82, 2.24) is 0 Å². The van der Waals surface area contributed by atoms with Crippen LogP contribution in [0.4, 0.5) is 0 Å². The van der Waals surface area contributed by atoms with Crippen LogP contribution in [0.15, 0.2) is 54.6 Å². The summed E-state index contributed by atoms with van der Waals surface area (Å²) in [5, 5.41) is 0. The monoisotopic (exact) mass is 284 g/mol. The fourth-order valence-corrected chi connectivity index (χ4v) is 1.89. The number of para-hydroxylation sites is 1. The van der Waals surface area contributed by atoms with Crippen LogP contribution < -0.4 is 9.47 Å². The second-order valence-electron chi connectivity index (χ2n) is 4.80. The standard InChI is InChI=1S/C18H20O3/c1-15(19)16-9-11-18(12-10-16)21-14-6-5-13-20-17-7-3-2-4-8-17/h2-4,7-12H,5-6,13-14H2,1H3. The Morgan fingerprint density at radius 3 is 1.86 bits per heavy atom. The van der Waals surface area contributed by atoms with Crippen LogP contribution >= 0.6 is 0 Å². The van der Waals surface area contributed by atoms with Gasteiger partial charge in [-0.1, -0.05) is 18.2 Å². The number of benzene rings is 2. The Kier molecular flexibility index (Phi) is 5.83. The number of unbranched alkanes of at least 4 members (excludes halogenated alkanes) is 1. The molecule has 21 heavy (non-hydrogen) atoms. The summed E-state index contributed by atoms with van der Waals surface area (Å²) in [5.41, 5.74) is 0.707. The largest absolute Gasteiger partial charge is 0.494 e. The van der Waals surface area contributed by atoms with E-state index in [2.05, 4.69) is 0 Å². The molecule has 0 fully saturated rings. The fourth-order valence-electron chi connectivity index (χ4n) is 1.89. The molecule has 0 saturated heterocycles. The minimum absolute atomic E-state index is 0.0691. The molecular weight excluding hydrogens is 264 g/mol. The summed E-state index contributed by atoms with van der Waals surface area (Å²) in [4.78, 5) is 11.2. The molecule has 0 amide bonds. The molecule has 2 rings (SSSR count). The van der Waals surface area contributed by atoms with Crippen LogP contribution in [0, 0.1) is 0 Å². The average molecular weight is 284 g/mol. The highest BCUT2D eigenvalue weighted by atomic mass is 16.5. The van der Waals surface area contributed by atoms with Crippen LogP contribution in [0.2, 0.25) is 0 Å². The lowest BCUT2D eigenvalue weighted by Gasteiger charge is -2.08. The topological polar surface area (TPSA) is 35.5 Å². The maximum absolute atomic E-state index is 11.2. The van der Waals surface area contributed by atoms with Crippen LogP contribution in [0.1, 0.15) is 30.1 Å². The van der Waals surface area contributed by atoms with Gasteiger partial charge in [0.25, 0.3) is 0 Å². The van der Waals surface area contributed by atoms with Gasteiger partial charge in [0, 0.05) is 5.56 Å². The summed E-state index contributed by atoms with van der Waals surface area (Å²) in [5.74, 6) is 1.77. The van der Waals surface area contributed by atoms with Gasteiger partial charge in [-0.2, -0.15) is 0 Å². The van der Waals surface area contributed by atoms with E-state index in [1.54, 1.807) is 19.1 Å². The van der Waals surface area contributed by atoms with Crippen molar-refractivity contribution >= 4 is 5.78 Å². The number of ether oxygens (including phenoxy) is 2. The molecule has 2 aromatic carbocycles. The summed E-state index contributed by atoms with van der Waals surface area (Å²) in [7, 11) is 0. The fraction of sp³-hybridized carbons (Fsp3) is 0.278. The number of hydrogen-bond acceptors (Lipinski definition) is 3. The van der Waals surface area contributed by atoms with Crippen molar-refractivity contribution < 1.29 is 14.3 Å². The number of Topliss-reactive ketones (excluding diaryl/α,β-unsaturated/α-hetero) is 1. The van der Waals surface area contributed by atoms with E-state index in [1.807, 2.05) is 42.5 Å². The predicted molar refractivity (Wildman–Crippen MR) is 83.1 cm³/mol. The Labute approximate surface area is 125 Å². The molecule has 0 atom stereocenters. The van der Waals surface area contributed by atoms with E-state index < -0.39 is 0 Å². The summed E-state index contributed by atoms with van der Waals surface area (Å²) >= 11 is 0. The van der Waals surface area contributed by atoms with Crippen molar-refractivity contribution in [2.75, 3.05) is 13.2 Å². The normalized spacial score (nSPS) is 10.1. The quantitative estimate of drug-likeness (QED) is 0.540. The smallest absolute Gasteiger partial charge is 0.159 e. The molecule has 3 nitrogen and oxygen atoms in total. The van der Waals surface area contributed by atoms with Gasteiger partial charge in [-0.25, -0.2) is 0 Å². The van der Waals surface area contributed by atoms with E-state index in [4.69, 9.17) is 9.47 Å². The molecule has 0 aliphatic heterocycles. The van der Waals surface area contributed by atoms with Gasteiger partial charge in [-0.15, -0.1) is 0 Å². The predicted octanol–water partition coefficient (Wildman–Crippen LogP) is 4.13. The maximum Gasteiger partial charge on any atom is 0.159 e. The molecule has 0 N–H and O–H groups in total. The average Bonchev–Trinajstić information content (AvgIpc) is 2.52. The maximum atomic E-state index is 11.2. The van der Waals surface area contributed by atoms with Crippen molar-refractivity contribution in [3.8, 4) is 11.5 Å². The molecule has 110 valence electrons. The van der Waals surface area contributed by atoms with Gasteiger partial charge in [0.05, 0.1) is 13.2 Å². The summed E-state index contributed by atoms with van der Waals surface area (Å²) < 4.78 is 11.2. The molecule has 0 heterocycles. The van der Waals surface area contributed by atoms with Crippen LogP contribution in [0.3, 0.4) is 0 Å². The SMILES string of the molecule is CC(=O)c1ccc(OCCCCOc2ccccc2)cc1. The number of ketones is 1. The van der Waals surface area contributed by atoms with Gasteiger partial charge < -0.3 is 9.47 Å². The molecular formula is C18H20O3. The van der Waals surface area contributed by atoms with E-state index >= 15 is 0 Å². The van der Waals surface area contributed by atoms with Crippen molar-refractivity contribution in [3.63, 3.8) is 0 Å². The first-order valence-corrected chi connectivity index (χ1v) is 7.17. The third-order valence-electron chi connectivity index (χ3n) is 3.08. The number of carbonyl (C=O) groups excluding carboxylic acids is 1. The Bertz CT molecular complexity index is 546. The summed E-state index contributed by atoms with van der Waals surface area (Å²) in [6.07, 6.45) is 1.88. The van der Waals surface area contributed by atoms with Crippen LogP contribution in [0.25, 0.3) is 0 Å². The van der Waals surface area contributed by atoms with Crippen molar-refractivity contribution in [2.45, 2.75) is 19.8 Å². The van der Waals surface area contributed by atoms with Crippen LogP contribution in [-0.4, -0.2) is 19.0 Å². The number of rotatable bonds is 8. The molecule has 0 aliphatic carbocycles. The van der Waals surface area contributed by atoms with Crippen molar-refractivity contribution in [1.29, 1.82) is 0 Å². The van der Waals surface area contributed by atoms with Gasteiger partial charge in [-0.3, -0.25) is 4.79 Å². The molecule has 0 aromatic heterocycles. The Balaban J connectivity index is 1.60. The van der Waals surface area contributed by atoms with Gasteiger partial charge in [-0.05, 0) is 56.2 Å². The lowest BCUT2D eigenvalue weighted by Crippen LogP contribution is -2.02. The Morgan fingerprint density at radius 1 is 0.810 bits per heavy atom. The Hall–Kier alpha value is -2.29. The highest BCUT2D eigenvalue weighted by Crippen LogP contribution is 2.13. The Morgan fingerprint density at radius 2 is 1.33 bits per heavy atom. The van der Waals surface area contributed by atoms with Crippen molar-refractivity contribution in [2.24, 2.45) is 0 Å². The second-order valence-corrected chi connectivity index (χ2v) is 4.80. The van der Waals surface area contributed by atoms with E-state index in [-0.39, 0.29) is 5.78 Å². The zero-order valence-electron chi connectivity index (χ0n) is 12.2. The van der Waals surface area contributed by atoms with E-state index in [1.165, 1.54) is 0 Å². The lowest BCUT2D eigenvalue weighted by atomic mass is 10.1.